The summed E-state index contributed by atoms with van der Waals surface area (Å²) in [7, 11) is 0. The van der Waals surface area contributed by atoms with Crippen molar-refractivity contribution in [3.8, 4) is 5.75 Å². The van der Waals surface area contributed by atoms with Crippen LogP contribution in [-0.4, -0.2) is 35.2 Å². The minimum Gasteiger partial charge on any atom is -0.485 e. The normalized spacial score (nSPS) is 19.8. The predicted molar refractivity (Wildman–Crippen MR) is 95.0 cm³/mol. The lowest BCUT2D eigenvalue weighted by Crippen LogP contribution is -2.48. The first-order valence-electron chi connectivity index (χ1n) is 8.16. The zero-order valence-electron chi connectivity index (χ0n) is 14.3. The van der Waals surface area contributed by atoms with Gasteiger partial charge in [-0.3, -0.25) is 4.79 Å². The van der Waals surface area contributed by atoms with Gasteiger partial charge in [-0.15, -0.1) is 12.4 Å². The fourth-order valence-corrected chi connectivity index (χ4v) is 2.80. The number of piperidine rings is 1. The largest absolute Gasteiger partial charge is 0.485 e. The fraction of sp³-hybridized carbons (Fsp3) is 0.471. The summed E-state index contributed by atoms with van der Waals surface area (Å²) in [4.78, 5) is 16.7. The van der Waals surface area contributed by atoms with E-state index in [1.807, 2.05) is 12.1 Å². The summed E-state index contributed by atoms with van der Waals surface area (Å²) < 4.78 is 10.6. The third-order valence-electron chi connectivity index (χ3n) is 4.16. The number of rotatable bonds is 5. The van der Waals surface area contributed by atoms with Crippen LogP contribution in [0.3, 0.4) is 0 Å². The number of ether oxygens (including phenoxy) is 1. The summed E-state index contributed by atoms with van der Waals surface area (Å²) in [5.41, 5.74) is 0.517. The molecule has 1 aromatic carbocycles. The van der Waals surface area contributed by atoms with Crippen LogP contribution in [0.2, 0.25) is 0 Å². The zero-order chi connectivity index (χ0) is 16.9. The minimum absolute atomic E-state index is 0. The molecule has 1 saturated heterocycles. The standard InChI is InChI=1S/C17H22N4O3.ClH/c1-11-9-18-8-7-14(11)20-17(22)13-5-3-4-6-15(13)23-10-16-19-12(2)24-21-16;/h3-6,11,14,18H,7-10H2,1-2H3,(H,20,22);1H. The lowest BCUT2D eigenvalue weighted by molar-refractivity contribution is 0.0909. The number of nitrogens with one attached hydrogen (secondary N) is 2. The first-order chi connectivity index (χ1) is 11.6. The highest BCUT2D eigenvalue weighted by Crippen LogP contribution is 2.20. The van der Waals surface area contributed by atoms with E-state index in [9.17, 15) is 4.79 Å². The van der Waals surface area contributed by atoms with Gasteiger partial charge in [-0.25, -0.2) is 0 Å². The van der Waals surface area contributed by atoms with Gasteiger partial charge in [0.1, 0.15) is 5.75 Å². The molecule has 0 bridgehead atoms. The van der Waals surface area contributed by atoms with E-state index in [1.54, 1.807) is 19.1 Å². The molecule has 2 heterocycles. The molecular formula is C17H23ClN4O3. The molecule has 0 aliphatic carbocycles. The summed E-state index contributed by atoms with van der Waals surface area (Å²) in [6.45, 7) is 5.85. The lowest BCUT2D eigenvalue weighted by atomic mass is 9.95. The molecule has 1 aromatic heterocycles. The quantitative estimate of drug-likeness (QED) is 0.842. The van der Waals surface area contributed by atoms with Gasteiger partial charge in [0.05, 0.1) is 5.56 Å². The molecular weight excluding hydrogens is 344 g/mol. The Kier molecular flexibility index (Phi) is 6.78. The number of aromatic nitrogens is 2. The average Bonchev–Trinajstić information content (AvgIpc) is 3.01. The smallest absolute Gasteiger partial charge is 0.255 e. The molecule has 8 heteroatoms. The lowest BCUT2D eigenvalue weighted by Gasteiger charge is -2.30. The second-order valence-corrected chi connectivity index (χ2v) is 6.06. The van der Waals surface area contributed by atoms with Gasteiger partial charge in [-0.1, -0.05) is 24.2 Å². The number of amides is 1. The summed E-state index contributed by atoms with van der Waals surface area (Å²) in [6.07, 6.45) is 0.929. The van der Waals surface area contributed by atoms with E-state index in [4.69, 9.17) is 9.26 Å². The van der Waals surface area contributed by atoms with Crippen LogP contribution in [0.25, 0.3) is 0 Å². The van der Waals surface area contributed by atoms with Crippen LogP contribution < -0.4 is 15.4 Å². The van der Waals surface area contributed by atoms with Crippen LogP contribution >= 0.6 is 12.4 Å². The molecule has 0 spiro atoms. The van der Waals surface area contributed by atoms with Crippen LogP contribution in [0, 0.1) is 12.8 Å². The second kappa shape index (κ2) is 8.82. The Balaban J connectivity index is 0.00000225. The van der Waals surface area contributed by atoms with Gasteiger partial charge in [0.2, 0.25) is 11.7 Å². The number of benzene rings is 1. The van der Waals surface area contributed by atoms with Gasteiger partial charge >= 0.3 is 0 Å². The maximum absolute atomic E-state index is 12.6. The van der Waals surface area contributed by atoms with Crippen molar-refractivity contribution >= 4 is 18.3 Å². The van der Waals surface area contributed by atoms with Gasteiger partial charge in [0, 0.05) is 13.0 Å². The Morgan fingerprint density at radius 1 is 1.44 bits per heavy atom. The third kappa shape index (κ3) is 4.93. The van der Waals surface area contributed by atoms with Crippen molar-refractivity contribution in [1.82, 2.24) is 20.8 Å². The number of carbonyl (C=O) groups excluding carboxylic acids is 1. The second-order valence-electron chi connectivity index (χ2n) is 6.06. The van der Waals surface area contributed by atoms with E-state index in [-0.39, 0.29) is 31.0 Å². The van der Waals surface area contributed by atoms with E-state index in [2.05, 4.69) is 27.7 Å². The molecule has 0 saturated carbocycles. The highest BCUT2D eigenvalue weighted by atomic mass is 35.5. The van der Waals surface area contributed by atoms with E-state index in [0.717, 1.165) is 19.5 Å². The molecule has 2 atom stereocenters. The minimum atomic E-state index is -0.117. The Labute approximate surface area is 152 Å². The molecule has 2 N–H and O–H groups in total. The van der Waals surface area contributed by atoms with Crippen molar-refractivity contribution < 1.29 is 14.1 Å². The summed E-state index contributed by atoms with van der Waals surface area (Å²) in [5, 5.41) is 10.2. The maximum Gasteiger partial charge on any atom is 0.255 e. The number of halogens is 1. The van der Waals surface area contributed by atoms with Crippen molar-refractivity contribution in [3.05, 3.63) is 41.5 Å². The number of hydrogen-bond donors (Lipinski definition) is 2. The van der Waals surface area contributed by atoms with Crippen LogP contribution in [0.5, 0.6) is 5.75 Å². The van der Waals surface area contributed by atoms with Crippen molar-refractivity contribution in [2.75, 3.05) is 13.1 Å². The molecule has 1 fully saturated rings. The zero-order valence-corrected chi connectivity index (χ0v) is 15.1. The summed E-state index contributed by atoms with van der Waals surface area (Å²) in [6, 6.07) is 7.37. The Morgan fingerprint density at radius 3 is 2.96 bits per heavy atom. The number of carbonyl (C=O) groups is 1. The SMILES string of the molecule is Cc1nc(COc2ccccc2C(=O)NC2CCNCC2C)no1.Cl. The summed E-state index contributed by atoms with van der Waals surface area (Å²) in [5.74, 6) is 1.74. The van der Waals surface area contributed by atoms with Crippen LogP contribution in [0.15, 0.2) is 28.8 Å². The van der Waals surface area contributed by atoms with E-state index >= 15 is 0 Å². The van der Waals surface area contributed by atoms with Crippen LogP contribution in [0.4, 0.5) is 0 Å². The molecule has 1 amide bonds. The number of hydrogen-bond acceptors (Lipinski definition) is 6. The maximum atomic E-state index is 12.6. The van der Waals surface area contributed by atoms with Gasteiger partial charge in [-0.05, 0) is 37.6 Å². The average molecular weight is 367 g/mol. The molecule has 136 valence electrons. The highest BCUT2D eigenvalue weighted by molar-refractivity contribution is 5.97. The van der Waals surface area contributed by atoms with E-state index < -0.39 is 0 Å². The van der Waals surface area contributed by atoms with E-state index in [1.165, 1.54) is 0 Å². The Morgan fingerprint density at radius 2 is 2.24 bits per heavy atom. The van der Waals surface area contributed by atoms with Crippen LogP contribution in [-0.2, 0) is 6.61 Å². The summed E-state index contributed by atoms with van der Waals surface area (Å²) >= 11 is 0. The van der Waals surface area contributed by atoms with Gasteiger partial charge in [0.25, 0.3) is 5.91 Å². The Hall–Kier alpha value is -2.12. The van der Waals surface area contributed by atoms with E-state index in [0.29, 0.717) is 28.9 Å². The van der Waals surface area contributed by atoms with Crippen molar-refractivity contribution in [1.29, 1.82) is 0 Å². The molecule has 3 rings (SSSR count). The predicted octanol–water partition coefficient (Wildman–Crippen LogP) is 2.11. The molecule has 7 nitrogen and oxygen atoms in total. The molecule has 2 unspecified atom stereocenters. The van der Waals surface area contributed by atoms with Crippen molar-refractivity contribution in [3.63, 3.8) is 0 Å². The molecule has 25 heavy (non-hydrogen) atoms. The third-order valence-corrected chi connectivity index (χ3v) is 4.16. The topological polar surface area (TPSA) is 89.3 Å². The molecule has 0 radical (unpaired) electrons. The first kappa shape index (κ1) is 19.2. The molecule has 1 aliphatic rings. The van der Waals surface area contributed by atoms with Crippen molar-refractivity contribution in [2.24, 2.45) is 5.92 Å². The molecule has 1 aliphatic heterocycles. The highest BCUT2D eigenvalue weighted by Gasteiger charge is 2.24. The van der Waals surface area contributed by atoms with Gasteiger partial charge in [-0.2, -0.15) is 4.98 Å². The fourth-order valence-electron chi connectivity index (χ4n) is 2.80. The monoisotopic (exact) mass is 366 g/mol. The number of nitrogens with zero attached hydrogens (tertiary/aromatic N) is 2. The Bertz CT molecular complexity index is 707. The number of aryl methyl sites for hydroxylation is 1. The number of para-hydroxylation sites is 1. The van der Waals surface area contributed by atoms with Gasteiger partial charge in [0.15, 0.2) is 6.61 Å². The van der Waals surface area contributed by atoms with Crippen molar-refractivity contribution in [2.45, 2.75) is 32.9 Å². The van der Waals surface area contributed by atoms with Crippen LogP contribution in [0.1, 0.15) is 35.4 Å². The first-order valence-corrected chi connectivity index (χ1v) is 8.16. The van der Waals surface area contributed by atoms with Gasteiger partial charge < -0.3 is 19.9 Å². The molecule has 2 aromatic rings.